The smallest absolute Gasteiger partial charge is 0.328 e. The highest BCUT2D eigenvalue weighted by Gasteiger charge is 2.19. The molecule has 0 spiro atoms. The molecular formula is C35H32ClFN2O3. The monoisotopic (exact) mass is 582 g/mol. The SMILES string of the molecule is C=C(/C=C\C(=C\C(=O)O)c1c(Cl)cccc1-c1ncc(-c2ccc(C)c(F)c2)[nH]1)C(=O)C[C@H](CCC)c1ccccc1. The van der Waals surface area contributed by atoms with Crippen LogP contribution >= 0.6 is 11.6 Å². The highest BCUT2D eigenvalue weighted by Crippen LogP contribution is 2.35. The Morgan fingerprint density at radius 1 is 1.10 bits per heavy atom. The van der Waals surface area contributed by atoms with Gasteiger partial charge in [0.1, 0.15) is 11.6 Å². The van der Waals surface area contributed by atoms with Gasteiger partial charge in [-0.05, 0) is 48.1 Å². The zero-order valence-corrected chi connectivity index (χ0v) is 24.3. The zero-order valence-electron chi connectivity index (χ0n) is 23.5. The van der Waals surface area contributed by atoms with Crippen LogP contribution < -0.4 is 0 Å². The number of carboxylic acid groups (broad SMARTS) is 1. The van der Waals surface area contributed by atoms with Crippen molar-refractivity contribution in [1.82, 2.24) is 9.97 Å². The Morgan fingerprint density at radius 3 is 2.55 bits per heavy atom. The zero-order chi connectivity index (χ0) is 30.2. The van der Waals surface area contributed by atoms with Crippen molar-refractivity contribution < 1.29 is 19.1 Å². The highest BCUT2D eigenvalue weighted by molar-refractivity contribution is 6.33. The Morgan fingerprint density at radius 2 is 1.86 bits per heavy atom. The van der Waals surface area contributed by atoms with Crippen molar-refractivity contribution in [3.8, 4) is 22.6 Å². The van der Waals surface area contributed by atoms with Gasteiger partial charge in [0.05, 0.1) is 11.9 Å². The summed E-state index contributed by atoms with van der Waals surface area (Å²) >= 11 is 6.62. The first-order valence-corrected chi connectivity index (χ1v) is 14.1. The van der Waals surface area contributed by atoms with Gasteiger partial charge < -0.3 is 10.1 Å². The molecule has 2 N–H and O–H groups in total. The molecule has 3 aromatic carbocycles. The number of aromatic nitrogens is 2. The third-order valence-electron chi connectivity index (χ3n) is 7.06. The maximum atomic E-state index is 14.2. The van der Waals surface area contributed by atoms with E-state index in [2.05, 4.69) is 23.5 Å². The standard InChI is InChI=1S/C35H32ClFN2O3/c1-4-9-25(24-10-6-5-7-11-24)19-32(40)23(3)15-17-27(20-33(41)42)34-28(12-8-13-29(34)36)35-38-21-31(39-35)26-16-14-22(2)30(37)18-26/h5-8,10-18,20-21,25H,3-4,9,19H2,1-2H3,(H,38,39)(H,41,42)/b17-15-,27-20-/t25-/m0/s1. The largest absolute Gasteiger partial charge is 0.478 e. The number of nitrogens with zero attached hydrogens (tertiary/aromatic N) is 1. The molecule has 0 aliphatic carbocycles. The lowest BCUT2D eigenvalue weighted by atomic mass is 9.88. The maximum Gasteiger partial charge on any atom is 0.328 e. The summed E-state index contributed by atoms with van der Waals surface area (Å²) in [5.74, 6) is -1.14. The minimum atomic E-state index is -1.18. The van der Waals surface area contributed by atoms with E-state index >= 15 is 0 Å². The van der Waals surface area contributed by atoms with Crippen LogP contribution in [0.15, 0.2) is 103 Å². The van der Waals surface area contributed by atoms with Crippen molar-refractivity contribution in [2.75, 3.05) is 0 Å². The fourth-order valence-corrected chi connectivity index (χ4v) is 5.10. The molecule has 1 aromatic heterocycles. The fourth-order valence-electron chi connectivity index (χ4n) is 4.82. The predicted molar refractivity (Wildman–Crippen MR) is 167 cm³/mol. The molecule has 214 valence electrons. The van der Waals surface area contributed by atoms with Gasteiger partial charge in [-0.1, -0.05) is 98.3 Å². The van der Waals surface area contributed by atoms with Gasteiger partial charge in [-0.2, -0.15) is 0 Å². The van der Waals surface area contributed by atoms with Crippen LogP contribution in [0.1, 0.15) is 48.8 Å². The lowest BCUT2D eigenvalue weighted by molar-refractivity contribution is -0.131. The van der Waals surface area contributed by atoms with Crippen molar-refractivity contribution in [3.05, 3.63) is 131 Å². The van der Waals surface area contributed by atoms with Crippen molar-refractivity contribution >= 4 is 28.9 Å². The number of halogens is 2. The summed E-state index contributed by atoms with van der Waals surface area (Å²) < 4.78 is 14.2. The van der Waals surface area contributed by atoms with E-state index in [-0.39, 0.29) is 28.7 Å². The molecule has 0 radical (unpaired) electrons. The minimum absolute atomic E-state index is 0.0632. The Balaban J connectivity index is 1.64. The number of hydrogen-bond acceptors (Lipinski definition) is 3. The van der Waals surface area contributed by atoms with E-state index in [9.17, 15) is 19.1 Å². The minimum Gasteiger partial charge on any atom is -0.478 e. The molecular weight excluding hydrogens is 551 g/mol. The second-order valence-corrected chi connectivity index (χ2v) is 10.5. The summed E-state index contributed by atoms with van der Waals surface area (Å²) in [5, 5.41) is 9.97. The molecule has 0 unspecified atom stereocenters. The number of benzene rings is 3. The summed E-state index contributed by atoms with van der Waals surface area (Å²) in [5.41, 5.74) is 4.34. The second kappa shape index (κ2) is 13.9. The lowest BCUT2D eigenvalue weighted by Crippen LogP contribution is -2.08. The Bertz CT molecular complexity index is 1670. The van der Waals surface area contributed by atoms with E-state index in [1.54, 1.807) is 43.5 Å². The summed E-state index contributed by atoms with van der Waals surface area (Å²) in [6.07, 6.45) is 7.77. The van der Waals surface area contributed by atoms with Crippen LogP contribution in [0.5, 0.6) is 0 Å². The Labute approximate surface area is 250 Å². The number of carbonyl (C=O) groups excluding carboxylic acids is 1. The van der Waals surface area contributed by atoms with Gasteiger partial charge >= 0.3 is 5.97 Å². The average molecular weight is 583 g/mol. The molecule has 0 saturated heterocycles. The van der Waals surface area contributed by atoms with E-state index < -0.39 is 5.97 Å². The molecule has 1 heterocycles. The molecule has 7 heteroatoms. The molecule has 0 aliphatic heterocycles. The number of allylic oxidation sites excluding steroid dienone is 4. The molecule has 5 nitrogen and oxygen atoms in total. The molecule has 0 fully saturated rings. The third-order valence-corrected chi connectivity index (χ3v) is 7.37. The van der Waals surface area contributed by atoms with Gasteiger partial charge in [-0.25, -0.2) is 14.2 Å². The van der Waals surface area contributed by atoms with E-state index in [0.717, 1.165) is 24.5 Å². The van der Waals surface area contributed by atoms with Gasteiger partial charge in [-0.15, -0.1) is 0 Å². The Kier molecular flexibility index (Phi) is 10.0. The molecule has 1 atom stereocenters. The van der Waals surface area contributed by atoms with E-state index in [1.165, 1.54) is 18.2 Å². The number of H-pyrrole nitrogens is 1. The average Bonchev–Trinajstić information content (AvgIpc) is 3.47. The Hall–Kier alpha value is -4.55. The van der Waals surface area contributed by atoms with Crippen molar-refractivity contribution in [3.63, 3.8) is 0 Å². The number of aromatic amines is 1. The summed E-state index contributed by atoms with van der Waals surface area (Å²) in [6, 6.07) is 20.0. The van der Waals surface area contributed by atoms with E-state index in [1.807, 2.05) is 30.3 Å². The van der Waals surface area contributed by atoms with Crippen LogP contribution in [0.3, 0.4) is 0 Å². The first-order valence-electron chi connectivity index (χ1n) is 13.7. The van der Waals surface area contributed by atoms with Crippen LogP contribution in [0.4, 0.5) is 4.39 Å². The lowest BCUT2D eigenvalue weighted by Gasteiger charge is -2.16. The number of aryl methyl sites for hydroxylation is 1. The fraction of sp³-hybridized carbons (Fsp3) is 0.171. The van der Waals surface area contributed by atoms with E-state index in [0.29, 0.717) is 45.2 Å². The summed E-state index contributed by atoms with van der Waals surface area (Å²) in [7, 11) is 0. The molecule has 42 heavy (non-hydrogen) atoms. The molecule has 0 aliphatic rings. The van der Waals surface area contributed by atoms with Crippen molar-refractivity contribution in [2.45, 2.75) is 39.0 Å². The van der Waals surface area contributed by atoms with Crippen LogP contribution in [0, 0.1) is 12.7 Å². The number of rotatable bonds is 12. The molecule has 4 rings (SSSR count). The number of ketones is 1. The number of imidazole rings is 1. The number of aliphatic carboxylic acids is 1. The maximum absolute atomic E-state index is 14.2. The van der Waals surface area contributed by atoms with Crippen LogP contribution in [-0.2, 0) is 9.59 Å². The third kappa shape index (κ3) is 7.39. The summed E-state index contributed by atoms with van der Waals surface area (Å²) in [4.78, 5) is 32.7. The van der Waals surface area contributed by atoms with Gasteiger partial charge in [-0.3, -0.25) is 4.79 Å². The molecule has 4 aromatic rings. The topological polar surface area (TPSA) is 83.0 Å². The number of Topliss-reactive ketones (excluding diaryl/α,β-unsaturated/α-hetero) is 1. The predicted octanol–water partition coefficient (Wildman–Crippen LogP) is 8.97. The number of carboxylic acids is 1. The molecule has 0 amide bonds. The molecule has 0 bridgehead atoms. The second-order valence-electron chi connectivity index (χ2n) is 10.1. The van der Waals surface area contributed by atoms with E-state index in [4.69, 9.17) is 11.6 Å². The van der Waals surface area contributed by atoms with Crippen molar-refractivity contribution in [1.29, 1.82) is 0 Å². The molecule has 0 saturated carbocycles. The summed E-state index contributed by atoms with van der Waals surface area (Å²) in [6.45, 7) is 7.74. The first-order chi connectivity index (χ1) is 20.2. The number of hydrogen-bond donors (Lipinski definition) is 2. The van der Waals surface area contributed by atoms with Crippen LogP contribution in [0.25, 0.3) is 28.2 Å². The first kappa shape index (κ1) is 30.4. The van der Waals surface area contributed by atoms with Gasteiger partial charge in [0, 0.05) is 39.8 Å². The van der Waals surface area contributed by atoms with Crippen LogP contribution in [-0.4, -0.2) is 26.8 Å². The van der Waals surface area contributed by atoms with Gasteiger partial charge in [0.25, 0.3) is 0 Å². The van der Waals surface area contributed by atoms with Crippen LogP contribution in [0.2, 0.25) is 5.02 Å². The van der Waals surface area contributed by atoms with Crippen molar-refractivity contribution in [2.24, 2.45) is 0 Å². The normalized spacial score (nSPS) is 12.4. The van der Waals surface area contributed by atoms with Gasteiger partial charge in [0.15, 0.2) is 5.78 Å². The van der Waals surface area contributed by atoms with Gasteiger partial charge in [0.2, 0.25) is 0 Å². The highest BCUT2D eigenvalue weighted by atomic mass is 35.5. The number of carbonyl (C=O) groups is 2. The quantitative estimate of drug-likeness (QED) is 0.129. The number of nitrogens with one attached hydrogen (secondary N) is 1.